The fourth-order valence-corrected chi connectivity index (χ4v) is 10.9. The van der Waals surface area contributed by atoms with Crippen molar-refractivity contribution in [3.05, 3.63) is 59.3 Å². The van der Waals surface area contributed by atoms with Gasteiger partial charge in [0.2, 0.25) is 11.8 Å². The van der Waals surface area contributed by atoms with E-state index in [0.717, 1.165) is 76.8 Å². The molecule has 15 nitrogen and oxygen atoms in total. The number of fused-ring (bicyclic) bond motifs is 4. The van der Waals surface area contributed by atoms with Crippen molar-refractivity contribution in [1.29, 1.82) is 0 Å². The Bertz CT molecular complexity index is 2450. The highest BCUT2D eigenvalue weighted by Crippen LogP contribution is 2.47. The monoisotopic (exact) mass is 852 g/mol. The average molecular weight is 853 g/mol. The summed E-state index contributed by atoms with van der Waals surface area (Å²) in [5, 5.41) is 7.58. The molecule has 61 heavy (non-hydrogen) atoms. The highest BCUT2D eigenvalue weighted by Gasteiger charge is 2.42. The third-order valence-electron chi connectivity index (χ3n) is 12.6. The van der Waals surface area contributed by atoms with Gasteiger partial charge in [-0.1, -0.05) is 45.9 Å². The minimum absolute atomic E-state index is 0.115. The number of aromatic amines is 2. The second-order valence-corrected chi connectivity index (χ2v) is 18.3. The Morgan fingerprint density at radius 2 is 1.52 bits per heavy atom. The molecule has 3 aliphatic rings. The second kappa shape index (κ2) is 17.5. The number of carbonyl (C=O) groups is 4. The molecule has 4 amide bonds. The molecule has 5 atom stereocenters. The van der Waals surface area contributed by atoms with Crippen LogP contribution in [0.25, 0.3) is 42.8 Å². The minimum Gasteiger partial charge on any atom is -0.453 e. The fourth-order valence-electron chi connectivity index (χ4n) is 9.52. The number of rotatable bonds is 12. The summed E-state index contributed by atoms with van der Waals surface area (Å²) in [5.74, 6) is 1.03. The number of likely N-dealkylation sites (tertiary alicyclic amines) is 2. The van der Waals surface area contributed by atoms with Gasteiger partial charge in [0.15, 0.2) is 0 Å². The van der Waals surface area contributed by atoms with E-state index in [1.54, 1.807) is 18.4 Å². The number of nitrogens with one attached hydrogen (secondary N) is 4. The van der Waals surface area contributed by atoms with Gasteiger partial charge in [-0.2, -0.15) is 0 Å². The van der Waals surface area contributed by atoms with Crippen molar-refractivity contribution in [2.45, 2.75) is 90.4 Å². The summed E-state index contributed by atoms with van der Waals surface area (Å²) in [6, 6.07) is 8.81. The van der Waals surface area contributed by atoms with Gasteiger partial charge >= 0.3 is 12.2 Å². The van der Waals surface area contributed by atoms with Crippen LogP contribution < -0.4 is 10.6 Å². The first-order valence-electron chi connectivity index (χ1n) is 21.3. The Morgan fingerprint density at radius 3 is 2.20 bits per heavy atom. The zero-order valence-corrected chi connectivity index (χ0v) is 36.7. The lowest BCUT2D eigenvalue weighted by Gasteiger charge is -2.30. The molecule has 5 aromatic rings. The number of ether oxygens (including phenoxy) is 3. The Hall–Kier alpha value is -5.48. The maximum Gasteiger partial charge on any atom is 0.407 e. The first-order valence-corrected chi connectivity index (χ1v) is 22.1. The highest BCUT2D eigenvalue weighted by molar-refractivity contribution is 7.19. The molecule has 0 bridgehead atoms. The molecule has 2 saturated heterocycles. The second-order valence-electron chi connectivity index (χ2n) is 17.2. The Morgan fingerprint density at radius 1 is 0.836 bits per heavy atom. The number of methoxy groups -OCH3 is 3. The summed E-state index contributed by atoms with van der Waals surface area (Å²) in [6.07, 6.45) is 6.00. The van der Waals surface area contributed by atoms with Crippen LogP contribution in [0, 0.1) is 17.8 Å². The first kappa shape index (κ1) is 42.2. The smallest absolute Gasteiger partial charge is 0.407 e. The topological polar surface area (TPSA) is 184 Å². The van der Waals surface area contributed by atoms with Crippen LogP contribution in [-0.2, 0) is 36.6 Å². The molecule has 1 aliphatic carbocycles. The molecule has 8 rings (SSSR count). The predicted molar refractivity (Wildman–Crippen MR) is 233 cm³/mol. The van der Waals surface area contributed by atoms with Gasteiger partial charge in [-0.25, -0.2) is 19.6 Å². The maximum atomic E-state index is 14.0. The van der Waals surface area contributed by atoms with Crippen molar-refractivity contribution >= 4 is 57.1 Å². The standard InChI is InChI=1S/C45H56N8O7S/c1-23(2)35(50-44(56)59-6)42(54)52-17-9-12-33(52)41-47-31-16-14-26-19-27(13-15-28(26)37(31)49-41)38-29-10-8-11-30(29)39(61-38)32-20-46-40(48-32)34-18-25(22-58-5)21-53(34)43(55)36(24(3)4)51-45(57)60-7/h13-16,19-20,23-25,33-36H,8-12,17-18,21-22H2,1-7H3,(H,46,48)(H,47,49)(H,50,56)(H,51,57)/t25-,33?,34-,35-,36-/m0/s1. The Balaban J connectivity index is 1.07. The lowest BCUT2D eigenvalue weighted by Crippen LogP contribution is -2.51. The molecule has 0 spiro atoms. The van der Waals surface area contributed by atoms with Gasteiger partial charge in [-0.05, 0) is 84.6 Å². The van der Waals surface area contributed by atoms with Crippen LogP contribution in [0.4, 0.5) is 9.59 Å². The number of hydrogen-bond acceptors (Lipinski definition) is 10. The van der Waals surface area contributed by atoms with E-state index >= 15 is 0 Å². The molecule has 2 aliphatic heterocycles. The van der Waals surface area contributed by atoms with E-state index in [1.807, 2.05) is 43.7 Å². The average Bonchev–Trinajstić information content (AvgIpc) is 4.11. The number of hydrogen-bond donors (Lipinski definition) is 4. The molecular formula is C45H56N8O7S. The van der Waals surface area contributed by atoms with Gasteiger partial charge in [0.1, 0.15) is 23.7 Å². The van der Waals surface area contributed by atoms with Crippen LogP contribution in [0.2, 0.25) is 0 Å². The van der Waals surface area contributed by atoms with Gasteiger partial charge in [-0.15, -0.1) is 11.3 Å². The van der Waals surface area contributed by atoms with E-state index in [1.165, 1.54) is 35.1 Å². The molecule has 4 N–H and O–H groups in total. The first-order chi connectivity index (χ1) is 29.4. The van der Waals surface area contributed by atoms with Gasteiger partial charge in [0.25, 0.3) is 0 Å². The number of carbonyl (C=O) groups excluding carboxylic acids is 4. The molecule has 3 aromatic heterocycles. The zero-order valence-electron chi connectivity index (χ0n) is 35.9. The number of aromatic nitrogens is 4. The minimum atomic E-state index is -0.740. The molecule has 2 aromatic carbocycles. The molecule has 1 unspecified atom stereocenters. The van der Waals surface area contributed by atoms with Crippen LogP contribution in [0.15, 0.2) is 36.5 Å². The van der Waals surface area contributed by atoms with E-state index in [9.17, 15) is 19.2 Å². The van der Waals surface area contributed by atoms with Crippen molar-refractivity contribution in [3.8, 4) is 21.0 Å². The third-order valence-corrected chi connectivity index (χ3v) is 13.9. The van der Waals surface area contributed by atoms with Gasteiger partial charge < -0.3 is 44.6 Å². The highest BCUT2D eigenvalue weighted by atomic mass is 32.1. The number of thiophene rings is 1. The van der Waals surface area contributed by atoms with Crippen LogP contribution in [0.1, 0.15) is 88.2 Å². The summed E-state index contributed by atoms with van der Waals surface area (Å²) in [4.78, 5) is 75.4. The fraction of sp³-hybridized carbons (Fsp3) is 0.511. The Labute approximate surface area is 359 Å². The number of nitrogens with zero attached hydrogens (tertiary/aromatic N) is 4. The summed E-state index contributed by atoms with van der Waals surface area (Å²) < 4.78 is 15.2. The van der Waals surface area contributed by atoms with Gasteiger partial charge in [0, 0.05) is 36.4 Å². The van der Waals surface area contributed by atoms with E-state index in [2.05, 4.69) is 50.9 Å². The SMILES string of the molecule is COC[C@H]1C[C@@H](c2ncc(-c3sc(-c4ccc5c(ccc6[nH]c(C7CCCN7C(=O)[C@@H](NC(=O)OC)C(C)C)nc65)c4)c4c3CCC4)[nH]2)N(C(=O)[C@@H](NC(=O)OC)C(C)C)C1. The van der Waals surface area contributed by atoms with E-state index in [4.69, 9.17) is 24.2 Å². The molecular weight excluding hydrogens is 797 g/mol. The molecule has 324 valence electrons. The third kappa shape index (κ3) is 8.07. The van der Waals surface area contributed by atoms with E-state index in [0.29, 0.717) is 26.1 Å². The number of benzene rings is 2. The summed E-state index contributed by atoms with van der Waals surface area (Å²) in [7, 11) is 4.27. The number of alkyl carbamates (subject to hydrolysis) is 2. The van der Waals surface area contributed by atoms with Crippen LogP contribution >= 0.6 is 11.3 Å². The predicted octanol–water partition coefficient (Wildman–Crippen LogP) is 7.28. The van der Waals surface area contributed by atoms with E-state index in [-0.39, 0.29) is 41.7 Å². The van der Waals surface area contributed by atoms with Crippen molar-refractivity contribution < 1.29 is 33.4 Å². The Kier molecular flexibility index (Phi) is 12.1. The van der Waals surface area contributed by atoms with Crippen LogP contribution in [0.3, 0.4) is 0 Å². The largest absolute Gasteiger partial charge is 0.453 e. The number of imidazole rings is 2. The summed E-state index contributed by atoms with van der Waals surface area (Å²) in [6.45, 7) is 9.25. The maximum absolute atomic E-state index is 14.0. The van der Waals surface area contributed by atoms with Crippen molar-refractivity contribution in [3.63, 3.8) is 0 Å². The van der Waals surface area contributed by atoms with Crippen LogP contribution in [0.5, 0.6) is 0 Å². The molecule has 0 saturated carbocycles. The van der Waals surface area contributed by atoms with Gasteiger partial charge in [-0.3, -0.25) is 9.59 Å². The lowest BCUT2D eigenvalue weighted by molar-refractivity contribution is -0.136. The number of H-pyrrole nitrogens is 2. The zero-order chi connectivity index (χ0) is 43.1. The molecule has 2 fully saturated rings. The van der Waals surface area contributed by atoms with Crippen molar-refractivity contribution in [2.75, 3.05) is 41.0 Å². The normalized spacial score (nSPS) is 19.9. The lowest BCUT2D eigenvalue weighted by atomic mass is 10.0. The van der Waals surface area contributed by atoms with Crippen LogP contribution in [-0.4, -0.2) is 107 Å². The van der Waals surface area contributed by atoms with E-state index < -0.39 is 24.3 Å². The summed E-state index contributed by atoms with van der Waals surface area (Å²) >= 11 is 1.78. The molecule has 0 radical (unpaired) electrons. The van der Waals surface area contributed by atoms with Gasteiger partial charge in [0.05, 0.1) is 60.7 Å². The van der Waals surface area contributed by atoms with Crippen molar-refractivity contribution in [1.82, 2.24) is 40.4 Å². The number of amides is 4. The summed E-state index contributed by atoms with van der Waals surface area (Å²) in [5.41, 5.74) is 6.58. The molecule has 16 heteroatoms. The van der Waals surface area contributed by atoms with Crippen molar-refractivity contribution in [2.24, 2.45) is 17.8 Å². The quantitative estimate of drug-likeness (QED) is 0.100. The molecule has 5 heterocycles.